The number of nitrogens with zero attached hydrogens (tertiary/aromatic N) is 1. The highest BCUT2D eigenvalue weighted by molar-refractivity contribution is 6.05. The van der Waals surface area contributed by atoms with Crippen LogP contribution in [0.4, 0.5) is 24.5 Å². The van der Waals surface area contributed by atoms with Gasteiger partial charge in [-0.25, -0.2) is 0 Å². The van der Waals surface area contributed by atoms with E-state index in [2.05, 4.69) is 10.3 Å². The normalized spacial score (nSPS) is 11.2. The quantitative estimate of drug-likeness (QED) is 0.836. The lowest BCUT2D eigenvalue weighted by Gasteiger charge is -2.12. The zero-order valence-electron chi connectivity index (χ0n) is 11.0. The molecule has 0 radical (unpaired) electrons. The molecule has 0 saturated carbocycles. The van der Waals surface area contributed by atoms with Crippen LogP contribution in [0.1, 0.15) is 21.5 Å². The lowest BCUT2D eigenvalue weighted by molar-refractivity contribution is -0.138. The van der Waals surface area contributed by atoms with E-state index in [0.717, 1.165) is 17.8 Å². The number of amides is 1. The number of aryl methyl sites for hydroxylation is 1. The Kier molecular flexibility index (Phi) is 3.84. The number of alkyl halides is 3. The van der Waals surface area contributed by atoms with Gasteiger partial charge in [-0.15, -0.1) is 0 Å². The Bertz CT molecular complexity index is 683. The van der Waals surface area contributed by atoms with Crippen molar-refractivity contribution in [2.45, 2.75) is 13.1 Å². The Morgan fingerprint density at radius 1 is 1.29 bits per heavy atom. The maximum Gasteiger partial charge on any atom is 0.418 e. The first-order valence-corrected chi connectivity index (χ1v) is 5.97. The van der Waals surface area contributed by atoms with E-state index in [9.17, 15) is 18.0 Å². The van der Waals surface area contributed by atoms with Crippen molar-refractivity contribution >= 4 is 17.3 Å². The Balaban J connectivity index is 2.31. The van der Waals surface area contributed by atoms with Crippen LogP contribution in [-0.2, 0) is 6.18 Å². The Morgan fingerprint density at radius 3 is 2.62 bits per heavy atom. The maximum absolute atomic E-state index is 12.8. The monoisotopic (exact) mass is 295 g/mol. The molecule has 0 aliphatic heterocycles. The molecule has 0 bridgehead atoms. The molecule has 110 valence electrons. The van der Waals surface area contributed by atoms with Gasteiger partial charge in [0.2, 0.25) is 0 Å². The van der Waals surface area contributed by atoms with Crippen molar-refractivity contribution in [3.05, 3.63) is 53.3 Å². The van der Waals surface area contributed by atoms with E-state index in [1.165, 1.54) is 6.07 Å². The van der Waals surface area contributed by atoms with Crippen LogP contribution < -0.4 is 11.1 Å². The van der Waals surface area contributed by atoms with E-state index in [0.29, 0.717) is 17.6 Å². The third kappa shape index (κ3) is 3.31. The minimum atomic E-state index is -4.65. The fourth-order valence-electron chi connectivity index (χ4n) is 1.74. The predicted molar refractivity (Wildman–Crippen MR) is 72.8 cm³/mol. The molecule has 2 aromatic rings. The van der Waals surface area contributed by atoms with Gasteiger partial charge in [-0.1, -0.05) is 6.07 Å². The number of aromatic nitrogens is 1. The molecule has 0 atom stereocenters. The average Bonchev–Trinajstić information content (AvgIpc) is 2.42. The lowest BCUT2D eigenvalue weighted by atomic mass is 10.1. The summed E-state index contributed by atoms with van der Waals surface area (Å²) in [4.78, 5) is 15.4. The second-order valence-corrected chi connectivity index (χ2v) is 4.44. The molecule has 4 nitrogen and oxygen atoms in total. The van der Waals surface area contributed by atoms with Gasteiger partial charge in [0.05, 0.1) is 11.1 Å². The van der Waals surface area contributed by atoms with Gasteiger partial charge < -0.3 is 11.1 Å². The van der Waals surface area contributed by atoms with E-state index in [4.69, 9.17) is 5.73 Å². The van der Waals surface area contributed by atoms with Crippen LogP contribution in [0.3, 0.4) is 0 Å². The molecule has 1 aromatic heterocycles. The van der Waals surface area contributed by atoms with Gasteiger partial charge in [-0.05, 0) is 30.7 Å². The summed E-state index contributed by atoms with van der Waals surface area (Å²) in [6, 6.07) is 5.75. The van der Waals surface area contributed by atoms with Crippen LogP contribution >= 0.6 is 0 Å². The van der Waals surface area contributed by atoms with E-state index < -0.39 is 23.2 Å². The molecule has 1 aromatic carbocycles. The van der Waals surface area contributed by atoms with E-state index in [1.54, 1.807) is 19.1 Å². The van der Waals surface area contributed by atoms with Gasteiger partial charge in [0.15, 0.2) is 0 Å². The summed E-state index contributed by atoms with van der Waals surface area (Å²) in [6.07, 6.45) is -2.89. The van der Waals surface area contributed by atoms with Crippen molar-refractivity contribution in [1.82, 2.24) is 4.98 Å². The molecule has 21 heavy (non-hydrogen) atoms. The van der Waals surface area contributed by atoms with Gasteiger partial charge in [-0.2, -0.15) is 13.2 Å². The predicted octanol–water partition coefficient (Wildman–Crippen LogP) is 3.24. The number of nitrogen functional groups attached to an aromatic ring is 1. The number of rotatable bonds is 2. The number of nitrogens with one attached hydrogen (secondary N) is 1. The lowest BCUT2D eigenvalue weighted by Crippen LogP contribution is -2.19. The molecule has 0 aliphatic carbocycles. The fraction of sp³-hybridized carbons (Fsp3) is 0.143. The van der Waals surface area contributed by atoms with E-state index in [-0.39, 0.29) is 0 Å². The first kappa shape index (κ1) is 14.8. The highest BCUT2D eigenvalue weighted by atomic mass is 19.4. The summed E-state index contributed by atoms with van der Waals surface area (Å²) >= 11 is 0. The van der Waals surface area contributed by atoms with Gasteiger partial charge in [0.25, 0.3) is 5.91 Å². The fourth-order valence-corrected chi connectivity index (χ4v) is 1.74. The minimum Gasteiger partial charge on any atom is -0.398 e. The largest absolute Gasteiger partial charge is 0.418 e. The number of halogens is 3. The zero-order chi connectivity index (χ0) is 15.6. The smallest absolute Gasteiger partial charge is 0.398 e. The standard InChI is InChI=1S/C14H12F3N3O/c1-8-2-3-9(6-12(8)18)20-13(21)10-4-5-19-7-11(10)14(15,16)17/h2-7H,18H2,1H3,(H,20,21). The first-order chi connectivity index (χ1) is 9.79. The average molecular weight is 295 g/mol. The topological polar surface area (TPSA) is 68.0 Å². The molecule has 0 unspecified atom stereocenters. The number of nitrogens with two attached hydrogens (primary N) is 1. The molecular formula is C14H12F3N3O. The summed E-state index contributed by atoms with van der Waals surface area (Å²) in [6.45, 7) is 1.78. The number of anilines is 2. The van der Waals surface area contributed by atoms with Crippen molar-refractivity contribution in [2.24, 2.45) is 0 Å². The molecule has 3 N–H and O–H groups in total. The maximum atomic E-state index is 12.8. The molecule has 0 spiro atoms. The van der Waals surface area contributed by atoms with Crippen molar-refractivity contribution < 1.29 is 18.0 Å². The first-order valence-electron chi connectivity index (χ1n) is 5.97. The highest BCUT2D eigenvalue weighted by Gasteiger charge is 2.35. The Morgan fingerprint density at radius 2 is 2.00 bits per heavy atom. The second kappa shape index (κ2) is 5.43. The summed E-state index contributed by atoms with van der Waals surface area (Å²) < 4.78 is 38.5. The molecule has 0 fully saturated rings. The van der Waals surface area contributed by atoms with Crippen LogP contribution in [0.2, 0.25) is 0 Å². The van der Waals surface area contributed by atoms with Gasteiger partial charge in [0, 0.05) is 23.8 Å². The van der Waals surface area contributed by atoms with Gasteiger partial charge in [-0.3, -0.25) is 9.78 Å². The number of pyridine rings is 1. The second-order valence-electron chi connectivity index (χ2n) is 4.44. The van der Waals surface area contributed by atoms with Crippen LogP contribution in [-0.4, -0.2) is 10.9 Å². The summed E-state index contributed by atoms with van der Waals surface area (Å²) in [5.41, 5.74) is 5.71. The van der Waals surface area contributed by atoms with Crippen molar-refractivity contribution in [3.8, 4) is 0 Å². The zero-order valence-corrected chi connectivity index (χ0v) is 11.0. The summed E-state index contributed by atoms with van der Waals surface area (Å²) in [5.74, 6) is -0.868. The number of carbonyl (C=O) groups excluding carboxylic acids is 1. The van der Waals surface area contributed by atoms with Crippen LogP contribution in [0.25, 0.3) is 0 Å². The minimum absolute atomic E-state index is 0.327. The van der Waals surface area contributed by atoms with Crippen molar-refractivity contribution in [2.75, 3.05) is 11.1 Å². The van der Waals surface area contributed by atoms with Crippen LogP contribution in [0, 0.1) is 6.92 Å². The summed E-state index contributed by atoms with van der Waals surface area (Å²) in [7, 11) is 0. The molecule has 1 amide bonds. The van der Waals surface area contributed by atoms with Crippen LogP contribution in [0.15, 0.2) is 36.7 Å². The Hall–Kier alpha value is -2.57. The molecule has 7 heteroatoms. The number of benzene rings is 1. The van der Waals surface area contributed by atoms with E-state index >= 15 is 0 Å². The highest BCUT2D eigenvalue weighted by Crippen LogP contribution is 2.31. The van der Waals surface area contributed by atoms with Crippen molar-refractivity contribution in [1.29, 1.82) is 0 Å². The number of carbonyl (C=O) groups is 1. The Labute approximate surface area is 118 Å². The molecule has 1 heterocycles. The van der Waals surface area contributed by atoms with Crippen molar-refractivity contribution in [3.63, 3.8) is 0 Å². The van der Waals surface area contributed by atoms with Gasteiger partial charge in [0.1, 0.15) is 0 Å². The third-order valence-corrected chi connectivity index (χ3v) is 2.91. The summed E-state index contributed by atoms with van der Waals surface area (Å²) in [5, 5.41) is 2.39. The van der Waals surface area contributed by atoms with Gasteiger partial charge >= 0.3 is 6.18 Å². The van der Waals surface area contributed by atoms with Crippen LogP contribution in [0.5, 0.6) is 0 Å². The van der Waals surface area contributed by atoms with E-state index in [1.807, 2.05) is 0 Å². The molecular weight excluding hydrogens is 283 g/mol. The number of hydrogen-bond acceptors (Lipinski definition) is 3. The third-order valence-electron chi connectivity index (χ3n) is 2.91. The number of hydrogen-bond donors (Lipinski definition) is 2. The molecule has 0 aliphatic rings. The molecule has 0 saturated heterocycles. The SMILES string of the molecule is Cc1ccc(NC(=O)c2ccncc2C(F)(F)F)cc1N. The molecule has 2 rings (SSSR count).